The van der Waals surface area contributed by atoms with Crippen molar-refractivity contribution in [3.05, 3.63) is 28.2 Å². The normalized spacial score (nSPS) is 10.3. The number of nitrogens with two attached hydrogens (primary N) is 1. The molecular weight excluding hydrogens is 305 g/mol. The first kappa shape index (κ1) is 14.3. The first-order valence-corrected chi connectivity index (χ1v) is 6.14. The van der Waals surface area contributed by atoms with Crippen LogP contribution in [0, 0.1) is 0 Å². The summed E-state index contributed by atoms with van der Waals surface area (Å²) in [6.07, 6.45) is 0. The zero-order chi connectivity index (χ0) is 14.7. The van der Waals surface area contributed by atoms with Gasteiger partial charge >= 0.3 is 5.97 Å². The monoisotopic (exact) mass is 313 g/mol. The van der Waals surface area contributed by atoms with Gasteiger partial charge in [-0.05, 0) is 18.2 Å². The lowest BCUT2D eigenvalue weighted by atomic mass is 10.2. The second kappa shape index (κ2) is 5.89. The molecule has 0 saturated carbocycles. The highest BCUT2D eigenvalue weighted by atomic mass is 35.5. The van der Waals surface area contributed by atoms with Crippen LogP contribution in [-0.4, -0.2) is 32.6 Å². The second-order valence-corrected chi connectivity index (χ2v) is 4.56. The molecule has 0 bridgehead atoms. The number of nitrogens with zero attached hydrogens (tertiary/aromatic N) is 3. The predicted octanol–water partition coefficient (Wildman–Crippen LogP) is 1.92. The van der Waals surface area contributed by atoms with Gasteiger partial charge in [0, 0.05) is 10.6 Å². The van der Waals surface area contributed by atoms with E-state index in [1.807, 2.05) is 0 Å². The molecule has 1 aromatic heterocycles. The number of nitrogens with one attached hydrogen (secondary N) is 1. The average Bonchev–Trinajstić information content (AvgIpc) is 2.38. The number of anilines is 2. The maximum absolute atomic E-state index is 10.5. The molecule has 0 radical (unpaired) electrons. The fraction of sp³-hybridized carbons (Fsp3) is 0.0909. The molecule has 0 aliphatic rings. The van der Waals surface area contributed by atoms with E-state index in [0.717, 1.165) is 0 Å². The molecule has 104 valence electrons. The van der Waals surface area contributed by atoms with Crippen LogP contribution in [0.25, 0.3) is 11.4 Å². The Balaban J connectivity index is 2.41. The quantitative estimate of drug-likeness (QED) is 0.790. The van der Waals surface area contributed by atoms with Gasteiger partial charge in [-0.25, -0.2) is 0 Å². The molecule has 0 amide bonds. The molecule has 0 aliphatic heterocycles. The van der Waals surface area contributed by atoms with Crippen LogP contribution < -0.4 is 11.1 Å². The second-order valence-electron chi connectivity index (χ2n) is 3.71. The smallest absolute Gasteiger partial charge is 0.322 e. The number of halogens is 2. The number of benzene rings is 1. The fourth-order valence-electron chi connectivity index (χ4n) is 1.42. The van der Waals surface area contributed by atoms with Crippen LogP contribution in [0.1, 0.15) is 0 Å². The lowest BCUT2D eigenvalue weighted by molar-refractivity contribution is -0.134. The Morgan fingerprint density at radius 3 is 2.75 bits per heavy atom. The number of carboxylic acid groups (broad SMARTS) is 1. The van der Waals surface area contributed by atoms with Gasteiger partial charge < -0.3 is 16.2 Å². The predicted molar refractivity (Wildman–Crippen MR) is 75.8 cm³/mol. The zero-order valence-corrected chi connectivity index (χ0v) is 11.5. The number of hydrogen-bond donors (Lipinski definition) is 3. The molecule has 20 heavy (non-hydrogen) atoms. The fourth-order valence-corrected chi connectivity index (χ4v) is 1.79. The van der Waals surface area contributed by atoms with Crippen LogP contribution >= 0.6 is 23.2 Å². The molecule has 0 fully saturated rings. The van der Waals surface area contributed by atoms with Crippen LogP contribution in [0.15, 0.2) is 18.2 Å². The number of carboxylic acids is 1. The largest absolute Gasteiger partial charge is 0.480 e. The van der Waals surface area contributed by atoms with Crippen molar-refractivity contribution in [2.24, 2.45) is 0 Å². The van der Waals surface area contributed by atoms with Gasteiger partial charge in [0.1, 0.15) is 6.54 Å². The van der Waals surface area contributed by atoms with E-state index in [-0.39, 0.29) is 24.3 Å². The standard InChI is InChI=1S/C11H9Cl2N5O2/c12-5-1-2-7(13)6(3-5)9-16-10(14)18-11(17-9)15-4-8(19)20/h1-3H,4H2,(H,19,20)(H3,14,15,16,17,18). The van der Waals surface area contributed by atoms with Crippen molar-refractivity contribution in [3.63, 3.8) is 0 Å². The highest BCUT2D eigenvalue weighted by Crippen LogP contribution is 2.28. The number of hydrogen-bond acceptors (Lipinski definition) is 6. The topological polar surface area (TPSA) is 114 Å². The van der Waals surface area contributed by atoms with E-state index in [4.69, 9.17) is 34.0 Å². The molecule has 0 aliphatic carbocycles. The van der Waals surface area contributed by atoms with Crippen LogP contribution in [0.3, 0.4) is 0 Å². The van der Waals surface area contributed by atoms with Crippen molar-refractivity contribution in [1.82, 2.24) is 15.0 Å². The van der Waals surface area contributed by atoms with E-state index >= 15 is 0 Å². The summed E-state index contributed by atoms with van der Waals surface area (Å²) in [4.78, 5) is 22.3. The lowest BCUT2D eigenvalue weighted by Crippen LogP contribution is -2.15. The third-order valence-electron chi connectivity index (χ3n) is 2.22. The van der Waals surface area contributed by atoms with Gasteiger partial charge in [0.25, 0.3) is 0 Å². The van der Waals surface area contributed by atoms with Crippen LogP contribution in [0.4, 0.5) is 11.9 Å². The number of aliphatic carboxylic acids is 1. The Morgan fingerprint density at radius 1 is 1.30 bits per heavy atom. The van der Waals surface area contributed by atoms with E-state index in [2.05, 4.69) is 20.3 Å². The summed E-state index contributed by atoms with van der Waals surface area (Å²) in [7, 11) is 0. The molecule has 9 heteroatoms. The van der Waals surface area contributed by atoms with Gasteiger partial charge in [-0.2, -0.15) is 15.0 Å². The van der Waals surface area contributed by atoms with Crippen LogP contribution in [0.2, 0.25) is 10.0 Å². The highest BCUT2D eigenvalue weighted by molar-refractivity contribution is 6.35. The van der Waals surface area contributed by atoms with Crippen molar-refractivity contribution < 1.29 is 9.90 Å². The van der Waals surface area contributed by atoms with E-state index in [1.165, 1.54) is 0 Å². The van der Waals surface area contributed by atoms with Gasteiger partial charge in [-0.15, -0.1) is 0 Å². The number of rotatable bonds is 4. The van der Waals surface area contributed by atoms with Crippen molar-refractivity contribution in [2.45, 2.75) is 0 Å². The molecule has 1 heterocycles. The third kappa shape index (κ3) is 3.46. The van der Waals surface area contributed by atoms with E-state index in [0.29, 0.717) is 15.6 Å². The van der Waals surface area contributed by atoms with Crippen molar-refractivity contribution in [1.29, 1.82) is 0 Å². The lowest BCUT2D eigenvalue weighted by Gasteiger charge is -2.07. The Bertz CT molecular complexity index is 665. The molecule has 7 nitrogen and oxygen atoms in total. The maximum atomic E-state index is 10.5. The summed E-state index contributed by atoms with van der Waals surface area (Å²) in [6.45, 7) is -0.341. The van der Waals surface area contributed by atoms with Crippen molar-refractivity contribution >= 4 is 41.1 Å². The van der Waals surface area contributed by atoms with E-state index < -0.39 is 5.97 Å². The summed E-state index contributed by atoms with van der Waals surface area (Å²) in [5, 5.41) is 12.0. The minimum absolute atomic E-state index is 0.0472. The minimum Gasteiger partial charge on any atom is -0.480 e. The Hall–Kier alpha value is -2.12. The van der Waals surface area contributed by atoms with E-state index in [1.54, 1.807) is 18.2 Å². The number of aromatic nitrogens is 3. The van der Waals surface area contributed by atoms with Gasteiger partial charge in [0.2, 0.25) is 11.9 Å². The van der Waals surface area contributed by atoms with Crippen LogP contribution in [-0.2, 0) is 4.79 Å². The summed E-state index contributed by atoms with van der Waals surface area (Å²) in [5.74, 6) is -0.853. The molecule has 2 rings (SSSR count). The van der Waals surface area contributed by atoms with Gasteiger partial charge in [0.15, 0.2) is 5.82 Å². The Kier molecular flexibility index (Phi) is 4.21. The van der Waals surface area contributed by atoms with E-state index in [9.17, 15) is 4.79 Å². The summed E-state index contributed by atoms with van der Waals surface area (Å²) < 4.78 is 0. The average molecular weight is 314 g/mol. The van der Waals surface area contributed by atoms with Gasteiger partial charge in [-0.3, -0.25) is 4.79 Å². The SMILES string of the molecule is Nc1nc(NCC(=O)O)nc(-c2cc(Cl)ccc2Cl)n1. The van der Waals surface area contributed by atoms with Crippen LogP contribution in [0.5, 0.6) is 0 Å². The molecule has 0 unspecified atom stereocenters. The molecule has 1 aromatic carbocycles. The first-order valence-electron chi connectivity index (χ1n) is 5.38. The molecule has 4 N–H and O–H groups in total. The van der Waals surface area contributed by atoms with Gasteiger partial charge in [0.05, 0.1) is 5.02 Å². The zero-order valence-electron chi connectivity index (χ0n) is 9.97. The summed E-state index contributed by atoms with van der Waals surface area (Å²) >= 11 is 11.9. The maximum Gasteiger partial charge on any atom is 0.322 e. The third-order valence-corrected chi connectivity index (χ3v) is 2.78. The minimum atomic E-state index is -1.05. The number of carbonyl (C=O) groups is 1. The highest BCUT2D eigenvalue weighted by Gasteiger charge is 2.11. The summed E-state index contributed by atoms with van der Waals surface area (Å²) in [6, 6.07) is 4.81. The summed E-state index contributed by atoms with van der Waals surface area (Å²) in [5.41, 5.74) is 6.04. The molecule has 0 spiro atoms. The van der Waals surface area contributed by atoms with Crippen molar-refractivity contribution in [3.8, 4) is 11.4 Å². The van der Waals surface area contributed by atoms with Crippen molar-refractivity contribution in [2.75, 3.05) is 17.6 Å². The molecule has 2 aromatic rings. The molecule has 0 saturated heterocycles. The van der Waals surface area contributed by atoms with Gasteiger partial charge in [-0.1, -0.05) is 23.2 Å². The molecular formula is C11H9Cl2N5O2. The number of nitrogen functional groups attached to an aromatic ring is 1. The Morgan fingerprint density at radius 2 is 2.05 bits per heavy atom. The first-order chi connectivity index (χ1) is 9.45. The molecule has 0 atom stereocenters. The Labute approximate surface area is 123 Å².